The molecule has 1 aromatic carbocycles. The van der Waals surface area contributed by atoms with Crippen molar-refractivity contribution < 1.29 is 26.8 Å². The van der Waals surface area contributed by atoms with Gasteiger partial charge in [-0.1, -0.05) is 6.42 Å². The lowest BCUT2D eigenvalue weighted by molar-refractivity contribution is -0.117. The molecule has 0 bridgehead atoms. The Hall–Kier alpha value is -3.38. The second-order valence-electron chi connectivity index (χ2n) is 8.15. The summed E-state index contributed by atoms with van der Waals surface area (Å²) in [7, 11) is -3.72. The van der Waals surface area contributed by atoms with Crippen LogP contribution in [0.4, 0.5) is 5.69 Å². The fraction of sp³-hybridized carbons (Fsp3) is 0.409. The van der Waals surface area contributed by atoms with Crippen LogP contribution in [-0.4, -0.2) is 47.6 Å². The first-order chi connectivity index (χ1) is 16.2. The van der Waals surface area contributed by atoms with Gasteiger partial charge >= 0.3 is 5.76 Å². The number of carbonyl (C=O) groups excluding carboxylic acids is 1. The molecule has 0 unspecified atom stereocenters. The molecule has 12 heteroatoms. The Bertz CT molecular complexity index is 1300. The maximum Gasteiger partial charge on any atom is 0.437 e. The van der Waals surface area contributed by atoms with Crippen LogP contribution < -0.4 is 15.8 Å². The van der Waals surface area contributed by atoms with Gasteiger partial charge in [-0.25, -0.2) is 13.2 Å². The zero-order chi connectivity index (χ0) is 24.3. The number of hydrogen-bond acceptors (Lipinski definition) is 8. The molecule has 34 heavy (non-hydrogen) atoms. The molecule has 3 heterocycles. The third-order valence-corrected chi connectivity index (χ3v) is 7.07. The van der Waals surface area contributed by atoms with E-state index in [0.29, 0.717) is 18.8 Å². The van der Waals surface area contributed by atoms with Gasteiger partial charge < -0.3 is 18.9 Å². The third-order valence-electron chi connectivity index (χ3n) is 5.17. The predicted octanol–water partition coefficient (Wildman–Crippen LogP) is 2.70. The van der Waals surface area contributed by atoms with E-state index < -0.39 is 28.2 Å². The summed E-state index contributed by atoms with van der Waals surface area (Å²) in [6.45, 7) is 4.10. The number of ether oxygens (including phenoxy) is 1. The first-order valence-electron chi connectivity index (χ1n) is 11.0. The standard InChI is InChI=1S/C22H26N4O7S/c1-15(2)32-18-9-8-16(34(29,30)25-10-4-3-5-11-25)13-17(18)23-20(27)14-26-22(28)33-21(24-26)19-7-6-12-31-19/h6-9,12-13,15H,3-5,10-11,14H2,1-2H3,(H,23,27). The second-order valence-corrected chi connectivity index (χ2v) is 10.1. The predicted molar refractivity (Wildman–Crippen MR) is 122 cm³/mol. The van der Waals surface area contributed by atoms with E-state index in [1.807, 2.05) is 13.8 Å². The highest BCUT2D eigenvalue weighted by Gasteiger charge is 2.27. The zero-order valence-electron chi connectivity index (χ0n) is 18.9. The van der Waals surface area contributed by atoms with E-state index >= 15 is 0 Å². The number of amides is 1. The van der Waals surface area contributed by atoms with Gasteiger partial charge in [0.2, 0.25) is 15.9 Å². The molecule has 2 aromatic heterocycles. The normalized spacial score (nSPS) is 14.9. The fourth-order valence-electron chi connectivity index (χ4n) is 3.61. The Balaban J connectivity index is 1.57. The molecular formula is C22H26N4O7S. The van der Waals surface area contributed by atoms with E-state index in [4.69, 9.17) is 13.6 Å². The molecule has 1 amide bonds. The number of aromatic nitrogens is 2. The van der Waals surface area contributed by atoms with Gasteiger partial charge in [-0.2, -0.15) is 8.99 Å². The molecule has 0 atom stereocenters. The summed E-state index contributed by atoms with van der Waals surface area (Å²) in [6, 6.07) is 7.54. The van der Waals surface area contributed by atoms with E-state index in [0.717, 1.165) is 23.9 Å². The van der Waals surface area contributed by atoms with Crippen LogP contribution in [0.1, 0.15) is 33.1 Å². The summed E-state index contributed by atoms with van der Waals surface area (Å²) in [5, 5.41) is 6.61. The average molecular weight is 491 g/mol. The summed E-state index contributed by atoms with van der Waals surface area (Å²) < 4.78 is 44.4. The van der Waals surface area contributed by atoms with E-state index in [1.54, 1.807) is 12.1 Å². The van der Waals surface area contributed by atoms with E-state index in [1.165, 1.54) is 28.8 Å². The van der Waals surface area contributed by atoms with Crippen LogP contribution in [0.2, 0.25) is 0 Å². The van der Waals surface area contributed by atoms with Crippen LogP contribution in [-0.2, 0) is 21.4 Å². The van der Waals surface area contributed by atoms with Crippen LogP contribution in [0.3, 0.4) is 0 Å². The van der Waals surface area contributed by atoms with Crippen molar-refractivity contribution in [1.29, 1.82) is 0 Å². The monoisotopic (exact) mass is 490 g/mol. The molecule has 1 aliphatic rings. The van der Waals surface area contributed by atoms with Gasteiger partial charge in [0, 0.05) is 13.1 Å². The highest BCUT2D eigenvalue weighted by molar-refractivity contribution is 7.89. The van der Waals surface area contributed by atoms with Crippen LogP contribution in [0.25, 0.3) is 11.7 Å². The van der Waals surface area contributed by atoms with Gasteiger partial charge in [0.1, 0.15) is 12.3 Å². The minimum absolute atomic E-state index is 0.0544. The van der Waals surface area contributed by atoms with Crippen molar-refractivity contribution in [2.45, 2.75) is 50.7 Å². The Kier molecular flexibility index (Phi) is 6.89. The van der Waals surface area contributed by atoms with Crippen LogP contribution >= 0.6 is 0 Å². The number of furan rings is 1. The largest absolute Gasteiger partial charge is 0.489 e. The molecule has 1 aliphatic heterocycles. The summed E-state index contributed by atoms with van der Waals surface area (Å²) in [5.41, 5.74) is 0.180. The molecule has 182 valence electrons. The highest BCUT2D eigenvalue weighted by Crippen LogP contribution is 2.31. The van der Waals surface area contributed by atoms with E-state index in [-0.39, 0.29) is 28.3 Å². The highest BCUT2D eigenvalue weighted by atomic mass is 32.2. The molecule has 1 saturated heterocycles. The number of benzene rings is 1. The quantitative estimate of drug-likeness (QED) is 0.509. The lowest BCUT2D eigenvalue weighted by atomic mass is 10.2. The van der Waals surface area contributed by atoms with Gasteiger partial charge in [-0.15, -0.1) is 5.10 Å². The number of sulfonamides is 1. The van der Waals surface area contributed by atoms with Crippen molar-refractivity contribution in [3.8, 4) is 17.4 Å². The zero-order valence-corrected chi connectivity index (χ0v) is 19.7. The lowest BCUT2D eigenvalue weighted by Crippen LogP contribution is -2.35. The molecular weight excluding hydrogens is 464 g/mol. The van der Waals surface area contributed by atoms with Crippen molar-refractivity contribution >= 4 is 21.6 Å². The molecule has 11 nitrogen and oxygen atoms in total. The Morgan fingerprint density at radius 1 is 1.21 bits per heavy atom. The molecule has 4 rings (SSSR count). The maximum atomic E-state index is 13.1. The molecule has 0 saturated carbocycles. The number of nitrogens with zero attached hydrogens (tertiary/aromatic N) is 3. The number of carbonyl (C=O) groups is 1. The van der Waals surface area contributed by atoms with E-state index in [2.05, 4.69) is 10.4 Å². The first-order valence-corrected chi connectivity index (χ1v) is 12.4. The van der Waals surface area contributed by atoms with E-state index in [9.17, 15) is 18.0 Å². The van der Waals surface area contributed by atoms with Crippen molar-refractivity contribution in [2.24, 2.45) is 0 Å². The third kappa shape index (κ3) is 5.23. The summed E-state index contributed by atoms with van der Waals surface area (Å²) in [5.74, 6) is -0.936. The Labute approximate surface area is 196 Å². The number of rotatable bonds is 8. The smallest absolute Gasteiger partial charge is 0.437 e. The molecule has 0 spiro atoms. The van der Waals surface area contributed by atoms with Crippen LogP contribution in [0, 0.1) is 0 Å². The van der Waals surface area contributed by atoms with Crippen molar-refractivity contribution in [2.75, 3.05) is 18.4 Å². The number of nitrogens with one attached hydrogen (secondary N) is 1. The summed E-state index contributed by atoms with van der Waals surface area (Å²) >= 11 is 0. The van der Waals surface area contributed by atoms with Gasteiger partial charge in [-0.3, -0.25) is 4.79 Å². The van der Waals surface area contributed by atoms with Gasteiger partial charge in [-0.05, 0) is 57.0 Å². The molecule has 1 N–H and O–H groups in total. The first kappa shape index (κ1) is 23.8. The minimum Gasteiger partial charge on any atom is -0.489 e. The summed E-state index contributed by atoms with van der Waals surface area (Å²) in [6.07, 6.45) is 3.81. The molecule has 3 aromatic rings. The van der Waals surface area contributed by atoms with Crippen molar-refractivity contribution in [3.05, 3.63) is 47.1 Å². The van der Waals surface area contributed by atoms with Crippen molar-refractivity contribution in [1.82, 2.24) is 14.1 Å². The Morgan fingerprint density at radius 2 is 1.97 bits per heavy atom. The van der Waals surface area contributed by atoms with Gasteiger partial charge in [0.05, 0.1) is 22.9 Å². The average Bonchev–Trinajstić information content (AvgIpc) is 3.45. The van der Waals surface area contributed by atoms with Crippen LogP contribution in [0.15, 0.2) is 55.1 Å². The van der Waals surface area contributed by atoms with Crippen molar-refractivity contribution in [3.63, 3.8) is 0 Å². The topological polar surface area (TPSA) is 137 Å². The van der Waals surface area contributed by atoms with Crippen LogP contribution in [0.5, 0.6) is 5.75 Å². The SMILES string of the molecule is CC(C)Oc1ccc(S(=O)(=O)N2CCCCC2)cc1NC(=O)Cn1nc(-c2ccco2)oc1=O. The number of piperidine rings is 1. The lowest BCUT2D eigenvalue weighted by Gasteiger charge is -2.26. The molecule has 0 aliphatic carbocycles. The number of hydrogen-bond donors (Lipinski definition) is 1. The molecule has 0 radical (unpaired) electrons. The van der Waals surface area contributed by atoms with Gasteiger partial charge in [0.25, 0.3) is 5.89 Å². The number of anilines is 1. The summed E-state index contributed by atoms with van der Waals surface area (Å²) in [4.78, 5) is 24.9. The minimum atomic E-state index is -3.72. The second kappa shape index (κ2) is 9.85. The van der Waals surface area contributed by atoms with Gasteiger partial charge in [0.15, 0.2) is 5.76 Å². The fourth-order valence-corrected chi connectivity index (χ4v) is 5.15. The Morgan fingerprint density at radius 3 is 2.65 bits per heavy atom. The molecule has 1 fully saturated rings. The maximum absolute atomic E-state index is 13.1.